The first-order valence-electron chi connectivity index (χ1n) is 9.92. The molecule has 1 aliphatic heterocycles. The molecule has 5 rings (SSSR count). The number of nitrogens with zero attached hydrogens (tertiary/aromatic N) is 2. The Hall–Kier alpha value is -2.96. The molecule has 1 aliphatic rings. The summed E-state index contributed by atoms with van der Waals surface area (Å²) in [6.45, 7) is 2.44. The molecule has 158 valence electrons. The third kappa shape index (κ3) is 3.27. The lowest BCUT2D eigenvalue weighted by atomic mass is 9.99. The van der Waals surface area contributed by atoms with Crippen molar-refractivity contribution in [3.05, 3.63) is 80.7 Å². The summed E-state index contributed by atoms with van der Waals surface area (Å²) in [4.78, 5) is 18.4. The van der Waals surface area contributed by atoms with Crippen LogP contribution in [0.3, 0.4) is 0 Å². The van der Waals surface area contributed by atoms with E-state index in [1.54, 1.807) is 19.2 Å². The normalized spacial score (nSPS) is 15.7. The highest BCUT2D eigenvalue weighted by Crippen LogP contribution is 2.42. The Balaban J connectivity index is 1.51. The Morgan fingerprint density at radius 3 is 2.81 bits per heavy atom. The van der Waals surface area contributed by atoms with Crippen LogP contribution >= 0.6 is 23.2 Å². The average Bonchev–Trinajstić information content (AvgIpc) is 3.41. The minimum atomic E-state index is -0.314. The van der Waals surface area contributed by atoms with Crippen molar-refractivity contribution in [3.8, 4) is 5.75 Å². The molecule has 0 saturated carbocycles. The van der Waals surface area contributed by atoms with Crippen LogP contribution in [-0.4, -0.2) is 39.6 Å². The standard InChI is InChI=1S/C23H20Cl2N4O2/c1-12-20-21(28-27-12)23(30)29(22(20)16-5-3-14(24)9-18(16)25)8-7-13-11-26-19-6-4-15(31-2)10-17(13)19/h3-6,9-11,22,26H,7-8H2,1-2H3,(H,27,28). The molecule has 2 aromatic heterocycles. The molecule has 0 radical (unpaired) electrons. The number of benzene rings is 2. The molecular formula is C23H20Cl2N4O2. The summed E-state index contributed by atoms with van der Waals surface area (Å²) in [6.07, 6.45) is 2.66. The number of H-pyrrole nitrogens is 2. The minimum Gasteiger partial charge on any atom is -0.497 e. The lowest BCUT2D eigenvalue weighted by Gasteiger charge is -2.27. The molecule has 2 aromatic carbocycles. The van der Waals surface area contributed by atoms with E-state index in [1.807, 2.05) is 42.3 Å². The molecule has 2 N–H and O–H groups in total. The highest BCUT2D eigenvalue weighted by molar-refractivity contribution is 6.35. The first-order valence-corrected chi connectivity index (χ1v) is 10.7. The zero-order chi connectivity index (χ0) is 21.7. The number of carbonyl (C=O) groups is 1. The summed E-state index contributed by atoms with van der Waals surface area (Å²) in [5.41, 5.74) is 5.17. The number of ether oxygens (including phenoxy) is 1. The summed E-state index contributed by atoms with van der Waals surface area (Å²) >= 11 is 12.7. The quantitative estimate of drug-likeness (QED) is 0.429. The zero-order valence-corrected chi connectivity index (χ0v) is 18.5. The van der Waals surface area contributed by atoms with Crippen molar-refractivity contribution in [2.75, 3.05) is 13.7 Å². The van der Waals surface area contributed by atoms with E-state index >= 15 is 0 Å². The molecule has 4 aromatic rings. The maximum absolute atomic E-state index is 13.2. The van der Waals surface area contributed by atoms with Crippen LogP contribution in [0.1, 0.15) is 38.9 Å². The SMILES string of the molecule is COc1ccc2[nH]cc(CCN3C(=O)c4n[nH]c(C)c4C3c3ccc(Cl)cc3Cl)c2c1. The van der Waals surface area contributed by atoms with Gasteiger partial charge in [0.2, 0.25) is 0 Å². The fourth-order valence-corrected chi connectivity index (χ4v) is 4.87. The molecule has 0 saturated heterocycles. The number of rotatable bonds is 5. The largest absolute Gasteiger partial charge is 0.497 e. The van der Waals surface area contributed by atoms with Crippen molar-refractivity contribution >= 4 is 40.0 Å². The monoisotopic (exact) mass is 454 g/mol. The van der Waals surface area contributed by atoms with Gasteiger partial charge in [-0.15, -0.1) is 0 Å². The number of nitrogens with one attached hydrogen (secondary N) is 2. The van der Waals surface area contributed by atoms with E-state index in [-0.39, 0.29) is 11.9 Å². The van der Waals surface area contributed by atoms with Gasteiger partial charge in [-0.3, -0.25) is 9.89 Å². The van der Waals surface area contributed by atoms with Crippen molar-refractivity contribution in [3.63, 3.8) is 0 Å². The maximum Gasteiger partial charge on any atom is 0.275 e. The van der Waals surface area contributed by atoms with Gasteiger partial charge in [0.15, 0.2) is 5.69 Å². The number of hydrogen-bond acceptors (Lipinski definition) is 3. The van der Waals surface area contributed by atoms with E-state index in [9.17, 15) is 4.79 Å². The van der Waals surface area contributed by atoms with E-state index in [2.05, 4.69) is 15.2 Å². The Morgan fingerprint density at radius 2 is 2.03 bits per heavy atom. The van der Waals surface area contributed by atoms with Crippen LogP contribution in [0, 0.1) is 6.92 Å². The molecule has 3 heterocycles. The molecule has 1 unspecified atom stereocenters. The molecule has 0 spiro atoms. The van der Waals surface area contributed by atoms with Crippen molar-refractivity contribution in [1.29, 1.82) is 0 Å². The third-order valence-electron chi connectivity index (χ3n) is 5.90. The van der Waals surface area contributed by atoms with E-state index in [0.29, 0.717) is 28.7 Å². The number of halogens is 2. The predicted octanol–water partition coefficient (Wildman–Crippen LogP) is 5.30. The van der Waals surface area contributed by atoms with Crippen LogP contribution in [0.15, 0.2) is 42.6 Å². The summed E-state index contributed by atoms with van der Waals surface area (Å²) in [7, 11) is 1.65. The first-order chi connectivity index (χ1) is 15.0. The number of aromatic nitrogens is 3. The summed E-state index contributed by atoms with van der Waals surface area (Å²) in [6, 6.07) is 11.0. The summed E-state index contributed by atoms with van der Waals surface area (Å²) in [5, 5.41) is 9.37. The van der Waals surface area contributed by atoms with Crippen molar-refractivity contribution in [1.82, 2.24) is 20.1 Å². The number of hydrogen-bond donors (Lipinski definition) is 2. The van der Waals surface area contributed by atoms with Crippen LogP contribution in [0.5, 0.6) is 5.75 Å². The van der Waals surface area contributed by atoms with Gasteiger partial charge in [-0.05, 0) is 54.8 Å². The molecule has 1 amide bonds. The van der Waals surface area contributed by atoms with E-state index in [4.69, 9.17) is 27.9 Å². The van der Waals surface area contributed by atoms with Gasteiger partial charge >= 0.3 is 0 Å². The van der Waals surface area contributed by atoms with Gasteiger partial charge < -0.3 is 14.6 Å². The fraction of sp³-hybridized carbons (Fsp3) is 0.217. The molecular weight excluding hydrogens is 435 g/mol. The van der Waals surface area contributed by atoms with Crippen molar-refractivity contribution in [2.45, 2.75) is 19.4 Å². The molecule has 6 nitrogen and oxygen atoms in total. The molecule has 8 heteroatoms. The summed E-state index contributed by atoms with van der Waals surface area (Å²) in [5.74, 6) is 0.694. The zero-order valence-electron chi connectivity index (χ0n) is 17.0. The van der Waals surface area contributed by atoms with Gasteiger partial charge in [-0.1, -0.05) is 29.3 Å². The molecule has 31 heavy (non-hydrogen) atoms. The van der Waals surface area contributed by atoms with Crippen molar-refractivity contribution in [2.24, 2.45) is 0 Å². The van der Waals surface area contributed by atoms with Crippen LogP contribution in [-0.2, 0) is 6.42 Å². The Morgan fingerprint density at radius 1 is 1.19 bits per heavy atom. The van der Waals surface area contributed by atoms with E-state index in [0.717, 1.165) is 39.0 Å². The Labute approximate surface area is 189 Å². The molecule has 0 bridgehead atoms. The maximum atomic E-state index is 13.2. The molecule has 0 aliphatic carbocycles. The smallest absolute Gasteiger partial charge is 0.275 e. The van der Waals surface area contributed by atoms with Gasteiger partial charge in [0.05, 0.1) is 13.2 Å². The second-order valence-corrected chi connectivity index (χ2v) is 8.50. The lowest BCUT2D eigenvalue weighted by Crippen LogP contribution is -2.31. The van der Waals surface area contributed by atoms with E-state index < -0.39 is 0 Å². The second-order valence-electron chi connectivity index (χ2n) is 7.65. The number of aryl methyl sites for hydroxylation is 1. The second kappa shape index (κ2) is 7.62. The van der Waals surface area contributed by atoms with Gasteiger partial charge in [0.1, 0.15) is 5.75 Å². The van der Waals surface area contributed by atoms with Crippen LogP contribution in [0.4, 0.5) is 0 Å². The van der Waals surface area contributed by atoms with Crippen LogP contribution < -0.4 is 4.74 Å². The highest BCUT2D eigenvalue weighted by atomic mass is 35.5. The Kier molecular flexibility index (Phi) is 4.91. The Bertz CT molecular complexity index is 1310. The number of methoxy groups -OCH3 is 1. The van der Waals surface area contributed by atoms with Crippen LogP contribution in [0.25, 0.3) is 10.9 Å². The highest BCUT2D eigenvalue weighted by Gasteiger charge is 2.42. The van der Waals surface area contributed by atoms with Crippen LogP contribution in [0.2, 0.25) is 10.0 Å². The number of carbonyl (C=O) groups excluding carboxylic acids is 1. The first kappa shape index (κ1) is 20.0. The van der Waals surface area contributed by atoms with E-state index in [1.165, 1.54) is 0 Å². The van der Waals surface area contributed by atoms with Crippen molar-refractivity contribution < 1.29 is 9.53 Å². The minimum absolute atomic E-state index is 0.104. The van der Waals surface area contributed by atoms with Gasteiger partial charge in [-0.25, -0.2) is 0 Å². The van der Waals surface area contributed by atoms with Gasteiger partial charge in [-0.2, -0.15) is 5.10 Å². The average molecular weight is 455 g/mol. The number of fused-ring (bicyclic) bond motifs is 2. The third-order valence-corrected chi connectivity index (χ3v) is 6.46. The van der Waals surface area contributed by atoms with Gasteiger partial charge in [0.25, 0.3) is 5.91 Å². The topological polar surface area (TPSA) is 74.0 Å². The van der Waals surface area contributed by atoms with Gasteiger partial charge in [0, 0.05) is 44.9 Å². The fourth-order valence-electron chi connectivity index (χ4n) is 4.35. The molecule has 0 fully saturated rings. The predicted molar refractivity (Wildman–Crippen MR) is 121 cm³/mol. The lowest BCUT2D eigenvalue weighted by molar-refractivity contribution is 0.0745. The molecule has 1 atom stereocenters. The number of aromatic amines is 2. The summed E-state index contributed by atoms with van der Waals surface area (Å²) < 4.78 is 5.37. The number of amides is 1.